The molecule has 2 rings (SSSR count). The van der Waals surface area contributed by atoms with E-state index in [-0.39, 0.29) is 5.56 Å². The van der Waals surface area contributed by atoms with Crippen LogP contribution in [0.15, 0.2) is 30.3 Å². The van der Waals surface area contributed by atoms with Crippen molar-refractivity contribution in [2.24, 2.45) is 0 Å². The van der Waals surface area contributed by atoms with Gasteiger partial charge in [0.05, 0.1) is 6.04 Å². The van der Waals surface area contributed by atoms with Gasteiger partial charge in [-0.15, -0.1) is 0 Å². The van der Waals surface area contributed by atoms with Gasteiger partial charge in [0.15, 0.2) is 0 Å². The molecule has 0 saturated heterocycles. The topological polar surface area (TPSA) is 12.0 Å². The highest BCUT2D eigenvalue weighted by Crippen LogP contribution is 2.29. The fourth-order valence-corrected chi connectivity index (χ4v) is 2.46. The van der Waals surface area contributed by atoms with E-state index < -0.39 is 23.5 Å². The predicted octanol–water partition coefficient (Wildman–Crippen LogP) is 4.42. The first-order valence-electron chi connectivity index (χ1n) is 6.89. The molecule has 0 amide bonds. The van der Waals surface area contributed by atoms with Crippen molar-refractivity contribution in [1.82, 2.24) is 5.32 Å². The van der Waals surface area contributed by atoms with Gasteiger partial charge in [0.2, 0.25) is 0 Å². The van der Waals surface area contributed by atoms with Gasteiger partial charge in [-0.2, -0.15) is 0 Å². The first kappa shape index (κ1) is 15.6. The lowest BCUT2D eigenvalue weighted by atomic mass is 9.94. The van der Waals surface area contributed by atoms with Gasteiger partial charge >= 0.3 is 0 Å². The maximum atomic E-state index is 14.3. The van der Waals surface area contributed by atoms with Gasteiger partial charge in [0, 0.05) is 5.56 Å². The minimum atomic E-state index is -0.718. The molecule has 0 fully saturated rings. The summed E-state index contributed by atoms with van der Waals surface area (Å²) in [6.45, 7) is 5.68. The Kier molecular flexibility index (Phi) is 4.68. The highest BCUT2D eigenvalue weighted by atomic mass is 19.1. The van der Waals surface area contributed by atoms with Crippen molar-refractivity contribution in [3.8, 4) is 0 Å². The average molecular weight is 293 g/mol. The van der Waals surface area contributed by atoms with Crippen LogP contribution in [0, 0.1) is 31.3 Å². The molecule has 0 bridgehead atoms. The molecule has 0 aliphatic rings. The lowest BCUT2D eigenvalue weighted by Crippen LogP contribution is -2.24. The Morgan fingerprint density at radius 1 is 1.05 bits per heavy atom. The molecule has 0 saturated carbocycles. The molecule has 0 radical (unpaired) electrons. The lowest BCUT2D eigenvalue weighted by Gasteiger charge is -2.21. The summed E-state index contributed by atoms with van der Waals surface area (Å²) in [7, 11) is 0. The van der Waals surface area contributed by atoms with Crippen molar-refractivity contribution < 1.29 is 13.2 Å². The first-order valence-corrected chi connectivity index (χ1v) is 6.89. The second kappa shape index (κ2) is 6.31. The van der Waals surface area contributed by atoms with Crippen LogP contribution in [-0.4, -0.2) is 6.54 Å². The summed E-state index contributed by atoms with van der Waals surface area (Å²) in [4.78, 5) is 0. The Morgan fingerprint density at radius 3 is 2.38 bits per heavy atom. The SMILES string of the molecule is CCNC(c1cc(C)cc(F)c1)c1c(F)ccc(C)c1F. The summed E-state index contributed by atoms with van der Waals surface area (Å²) in [6, 6.07) is 6.34. The molecule has 0 spiro atoms. The number of nitrogens with one attached hydrogen (secondary N) is 1. The normalized spacial score (nSPS) is 12.5. The maximum absolute atomic E-state index is 14.3. The fraction of sp³-hybridized carbons (Fsp3) is 0.294. The van der Waals surface area contributed by atoms with E-state index in [1.165, 1.54) is 24.3 Å². The van der Waals surface area contributed by atoms with E-state index in [0.29, 0.717) is 23.2 Å². The molecule has 1 atom stereocenters. The van der Waals surface area contributed by atoms with Gasteiger partial charge in [-0.25, -0.2) is 13.2 Å². The van der Waals surface area contributed by atoms with Crippen LogP contribution < -0.4 is 5.32 Å². The summed E-state index contributed by atoms with van der Waals surface area (Å²) in [5.41, 5.74) is 1.52. The molecular weight excluding hydrogens is 275 g/mol. The number of hydrogen-bond donors (Lipinski definition) is 1. The van der Waals surface area contributed by atoms with E-state index in [0.717, 1.165) is 0 Å². The first-order chi connectivity index (χ1) is 9.93. The summed E-state index contributed by atoms with van der Waals surface area (Å²) in [5.74, 6) is -1.64. The second-order valence-corrected chi connectivity index (χ2v) is 5.14. The van der Waals surface area contributed by atoms with Crippen molar-refractivity contribution >= 4 is 0 Å². The van der Waals surface area contributed by atoms with Crippen molar-refractivity contribution in [2.45, 2.75) is 26.8 Å². The molecule has 21 heavy (non-hydrogen) atoms. The number of hydrogen-bond acceptors (Lipinski definition) is 1. The van der Waals surface area contributed by atoms with Crippen LogP contribution >= 0.6 is 0 Å². The number of aryl methyl sites for hydroxylation is 2. The average Bonchev–Trinajstić information content (AvgIpc) is 2.41. The Hall–Kier alpha value is -1.81. The molecule has 0 heterocycles. The zero-order valence-corrected chi connectivity index (χ0v) is 12.3. The van der Waals surface area contributed by atoms with E-state index in [1.807, 2.05) is 6.92 Å². The summed E-state index contributed by atoms with van der Waals surface area (Å²) in [6.07, 6.45) is 0. The lowest BCUT2D eigenvalue weighted by molar-refractivity contribution is 0.504. The van der Waals surface area contributed by atoms with Crippen LogP contribution in [-0.2, 0) is 0 Å². The monoisotopic (exact) mass is 293 g/mol. The quantitative estimate of drug-likeness (QED) is 0.880. The third-order valence-electron chi connectivity index (χ3n) is 3.41. The van der Waals surface area contributed by atoms with Crippen LogP contribution in [0.25, 0.3) is 0 Å². The Bertz CT molecular complexity index is 632. The molecule has 112 valence electrons. The second-order valence-electron chi connectivity index (χ2n) is 5.14. The van der Waals surface area contributed by atoms with Gasteiger partial charge < -0.3 is 5.32 Å². The molecule has 0 aliphatic carbocycles. The van der Waals surface area contributed by atoms with E-state index in [4.69, 9.17) is 0 Å². The molecule has 1 nitrogen and oxygen atoms in total. The van der Waals surface area contributed by atoms with Crippen molar-refractivity contribution in [2.75, 3.05) is 6.54 Å². The van der Waals surface area contributed by atoms with Crippen molar-refractivity contribution in [3.63, 3.8) is 0 Å². The molecule has 2 aromatic rings. The van der Waals surface area contributed by atoms with Crippen LogP contribution in [0.2, 0.25) is 0 Å². The molecule has 2 aromatic carbocycles. The van der Waals surface area contributed by atoms with Crippen molar-refractivity contribution in [3.05, 3.63) is 70.0 Å². The maximum Gasteiger partial charge on any atom is 0.134 e. The third kappa shape index (κ3) is 3.27. The highest BCUT2D eigenvalue weighted by molar-refractivity contribution is 5.38. The van der Waals surface area contributed by atoms with Gasteiger partial charge in [0.25, 0.3) is 0 Å². The van der Waals surface area contributed by atoms with Crippen LogP contribution in [0.5, 0.6) is 0 Å². The molecule has 1 N–H and O–H groups in total. The molecular formula is C17H18F3N. The zero-order chi connectivity index (χ0) is 15.6. The number of halogens is 3. The van der Waals surface area contributed by atoms with Gasteiger partial charge in [-0.1, -0.05) is 19.1 Å². The molecule has 4 heteroatoms. The zero-order valence-electron chi connectivity index (χ0n) is 12.3. The van der Waals surface area contributed by atoms with Gasteiger partial charge in [-0.3, -0.25) is 0 Å². The highest BCUT2D eigenvalue weighted by Gasteiger charge is 2.23. The molecule has 1 unspecified atom stereocenters. The van der Waals surface area contributed by atoms with Gasteiger partial charge in [0.1, 0.15) is 17.5 Å². The smallest absolute Gasteiger partial charge is 0.134 e. The van der Waals surface area contributed by atoms with E-state index in [2.05, 4.69) is 5.32 Å². The minimum absolute atomic E-state index is 0.0677. The van der Waals surface area contributed by atoms with Crippen LogP contribution in [0.3, 0.4) is 0 Å². The van der Waals surface area contributed by atoms with E-state index in [9.17, 15) is 13.2 Å². The number of rotatable bonds is 4. The summed E-state index contributed by atoms with van der Waals surface area (Å²) in [5, 5.41) is 3.03. The summed E-state index contributed by atoms with van der Waals surface area (Å²) < 4.78 is 42.1. The third-order valence-corrected chi connectivity index (χ3v) is 3.41. The Balaban J connectivity index is 2.61. The number of benzene rings is 2. The van der Waals surface area contributed by atoms with Crippen molar-refractivity contribution in [1.29, 1.82) is 0 Å². The largest absolute Gasteiger partial charge is 0.306 e. The standard InChI is InChI=1S/C17H18F3N/c1-4-21-17(12-7-10(2)8-13(18)9-12)15-14(19)6-5-11(3)16(15)20/h5-9,17,21H,4H2,1-3H3. The summed E-state index contributed by atoms with van der Waals surface area (Å²) >= 11 is 0. The molecule has 0 aromatic heterocycles. The van der Waals surface area contributed by atoms with Gasteiger partial charge in [-0.05, 0) is 55.3 Å². The predicted molar refractivity (Wildman–Crippen MR) is 77.8 cm³/mol. The van der Waals surface area contributed by atoms with Crippen LogP contribution in [0.4, 0.5) is 13.2 Å². The van der Waals surface area contributed by atoms with E-state index in [1.54, 1.807) is 19.9 Å². The Labute approximate surface area is 122 Å². The van der Waals surface area contributed by atoms with Crippen LogP contribution in [0.1, 0.15) is 35.2 Å². The molecule has 0 aliphatic heterocycles. The minimum Gasteiger partial charge on any atom is -0.306 e. The fourth-order valence-electron chi connectivity index (χ4n) is 2.46. The Morgan fingerprint density at radius 2 is 1.76 bits per heavy atom. The van der Waals surface area contributed by atoms with E-state index >= 15 is 0 Å².